The first-order valence-electron chi connectivity index (χ1n) is 6.16. The number of rotatable bonds is 4. The summed E-state index contributed by atoms with van der Waals surface area (Å²) in [7, 11) is 0. The number of hydrogen-bond donors (Lipinski definition) is 2. The summed E-state index contributed by atoms with van der Waals surface area (Å²) in [6.07, 6.45) is 0.612. The topological polar surface area (TPSA) is 59.6 Å². The summed E-state index contributed by atoms with van der Waals surface area (Å²) >= 11 is 5.76. The van der Waals surface area contributed by atoms with Gasteiger partial charge in [-0.25, -0.2) is 4.79 Å². The third-order valence-corrected chi connectivity index (χ3v) is 3.12. The van der Waals surface area contributed by atoms with Crippen LogP contribution < -0.4 is 10.6 Å². The Balaban J connectivity index is 1.71. The summed E-state index contributed by atoms with van der Waals surface area (Å²) in [5.74, 6) is -0.576. The Morgan fingerprint density at radius 1 is 1.32 bits per heavy atom. The van der Waals surface area contributed by atoms with Gasteiger partial charge in [-0.3, -0.25) is 0 Å². The Bertz CT molecular complexity index is 430. The molecule has 0 unspecified atom stereocenters. The smallest absolute Gasteiger partial charge is 0.319 e. The minimum Gasteiger partial charge on any atom is -0.348 e. The van der Waals surface area contributed by atoms with Crippen LogP contribution in [0.4, 0.5) is 10.5 Å². The van der Waals surface area contributed by atoms with Crippen molar-refractivity contribution in [3.63, 3.8) is 0 Å². The number of amides is 2. The lowest BCUT2D eigenvalue weighted by molar-refractivity contribution is -0.145. The van der Waals surface area contributed by atoms with Crippen LogP contribution in [0.3, 0.4) is 0 Å². The maximum Gasteiger partial charge on any atom is 0.319 e. The van der Waals surface area contributed by atoms with Gasteiger partial charge < -0.3 is 20.1 Å². The highest BCUT2D eigenvalue weighted by molar-refractivity contribution is 6.30. The molecular weight excluding hydrogens is 268 g/mol. The predicted molar refractivity (Wildman–Crippen MR) is 73.4 cm³/mol. The molecule has 5 nitrogen and oxygen atoms in total. The van der Waals surface area contributed by atoms with E-state index in [1.165, 1.54) is 0 Å². The van der Waals surface area contributed by atoms with Gasteiger partial charge in [0.05, 0.1) is 13.2 Å². The molecule has 0 atom stereocenters. The zero-order valence-corrected chi connectivity index (χ0v) is 11.5. The fourth-order valence-corrected chi connectivity index (χ4v) is 1.94. The number of ether oxygens (including phenoxy) is 2. The highest BCUT2D eigenvalue weighted by Gasteiger charge is 2.30. The van der Waals surface area contributed by atoms with Crippen LogP contribution in [-0.4, -0.2) is 31.6 Å². The molecule has 1 heterocycles. The molecule has 0 aliphatic carbocycles. The van der Waals surface area contributed by atoms with Crippen molar-refractivity contribution in [3.05, 3.63) is 29.3 Å². The summed E-state index contributed by atoms with van der Waals surface area (Å²) in [6, 6.07) is 6.67. The van der Waals surface area contributed by atoms with E-state index >= 15 is 0 Å². The van der Waals surface area contributed by atoms with E-state index in [4.69, 9.17) is 21.1 Å². The number of benzene rings is 1. The van der Waals surface area contributed by atoms with Crippen LogP contribution in [0.25, 0.3) is 0 Å². The lowest BCUT2D eigenvalue weighted by Crippen LogP contribution is -2.35. The average Bonchev–Trinajstić information content (AvgIpc) is 2.79. The molecule has 1 aromatic carbocycles. The summed E-state index contributed by atoms with van der Waals surface area (Å²) in [4.78, 5) is 11.6. The van der Waals surface area contributed by atoms with E-state index in [2.05, 4.69) is 10.6 Å². The van der Waals surface area contributed by atoms with Crippen LogP contribution >= 0.6 is 11.6 Å². The quantitative estimate of drug-likeness (QED) is 0.893. The van der Waals surface area contributed by atoms with E-state index in [1.54, 1.807) is 24.3 Å². The molecule has 2 N–H and O–H groups in total. The minimum atomic E-state index is -0.576. The summed E-state index contributed by atoms with van der Waals surface area (Å²) in [5.41, 5.74) is 0.696. The summed E-state index contributed by atoms with van der Waals surface area (Å²) < 4.78 is 10.9. The molecule has 1 saturated heterocycles. The van der Waals surface area contributed by atoms with Gasteiger partial charge in [0.1, 0.15) is 0 Å². The van der Waals surface area contributed by atoms with Gasteiger partial charge in [0.2, 0.25) is 0 Å². The lowest BCUT2D eigenvalue weighted by atomic mass is 10.2. The third-order valence-electron chi connectivity index (χ3n) is 2.86. The van der Waals surface area contributed by atoms with Gasteiger partial charge >= 0.3 is 6.03 Å². The molecule has 1 aromatic rings. The molecule has 0 bridgehead atoms. The first kappa shape index (κ1) is 14.1. The van der Waals surface area contributed by atoms with Crippen LogP contribution in [0.15, 0.2) is 24.3 Å². The second-order valence-electron chi connectivity index (χ2n) is 4.47. The zero-order chi connectivity index (χ0) is 13.7. The number of nitrogens with one attached hydrogen (secondary N) is 2. The zero-order valence-electron chi connectivity index (χ0n) is 10.7. The van der Waals surface area contributed by atoms with Crippen molar-refractivity contribution >= 4 is 23.3 Å². The van der Waals surface area contributed by atoms with Crippen LogP contribution in [0.5, 0.6) is 0 Å². The number of carbonyl (C=O) groups is 1. The highest BCUT2D eigenvalue weighted by atomic mass is 35.5. The molecule has 1 aliphatic rings. The van der Waals surface area contributed by atoms with Crippen LogP contribution in [0.2, 0.25) is 5.02 Å². The van der Waals surface area contributed by atoms with Crippen molar-refractivity contribution < 1.29 is 14.3 Å². The average molecular weight is 285 g/mol. The van der Waals surface area contributed by atoms with Crippen molar-refractivity contribution in [2.75, 3.05) is 25.1 Å². The van der Waals surface area contributed by atoms with E-state index < -0.39 is 5.79 Å². The Labute approximate surface area is 117 Å². The molecule has 0 spiro atoms. The first-order valence-corrected chi connectivity index (χ1v) is 6.54. The third kappa shape index (κ3) is 4.38. The Morgan fingerprint density at radius 2 is 1.95 bits per heavy atom. The maximum atomic E-state index is 11.6. The molecule has 6 heteroatoms. The standard InChI is InChI=1S/C13H17ClN2O3/c1-13(18-8-9-19-13)6-7-15-12(17)16-11-4-2-10(14)3-5-11/h2-5H,6-9H2,1H3,(H2,15,16,17). The van der Waals surface area contributed by atoms with Crippen LogP contribution in [-0.2, 0) is 9.47 Å². The van der Waals surface area contributed by atoms with Gasteiger partial charge in [0.15, 0.2) is 5.79 Å². The van der Waals surface area contributed by atoms with Gasteiger partial charge in [-0.2, -0.15) is 0 Å². The van der Waals surface area contributed by atoms with Gasteiger partial charge in [-0.05, 0) is 31.2 Å². The molecule has 0 saturated carbocycles. The van der Waals surface area contributed by atoms with E-state index in [-0.39, 0.29) is 6.03 Å². The molecule has 0 radical (unpaired) electrons. The SMILES string of the molecule is CC1(CCNC(=O)Nc2ccc(Cl)cc2)OCCO1. The minimum absolute atomic E-state index is 0.260. The van der Waals surface area contributed by atoms with Crippen LogP contribution in [0, 0.1) is 0 Å². The van der Waals surface area contributed by atoms with Gasteiger partial charge in [0.25, 0.3) is 0 Å². The van der Waals surface area contributed by atoms with Crippen molar-refractivity contribution in [1.82, 2.24) is 5.32 Å². The highest BCUT2D eigenvalue weighted by Crippen LogP contribution is 2.21. The number of carbonyl (C=O) groups excluding carboxylic acids is 1. The van der Waals surface area contributed by atoms with Gasteiger partial charge in [-0.15, -0.1) is 0 Å². The molecule has 1 aliphatic heterocycles. The van der Waals surface area contributed by atoms with Crippen LogP contribution in [0.1, 0.15) is 13.3 Å². The summed E-state index contributed by atoms with van der Waals surface area (Å²) in [5, 5.41) is 6.11. The van der Waals surface area contributed by atoms with E-state index in [0.29, 0.717) is 36.9 Å². The molecule has 2 amide bonds. The molecule has 104 valence electrons. The second-order valence-corrected chi connectivity index (χ2v) is 4.90. The lowest BCUT2D eigenvalue weighted by Gasteiger charge is -2.22. The monoisotopic (exact) mass is 284 g/mol. The normalized spacial score (nSPS) is 17.2. The number of hydrogen-bond acceptors (Lipinski definition) is 3. The molecule has 0 aromatic heterocycles. The van der Waals surface area contributed by atoms with Gasteiger partial charge in [0, 0.05) is 23.7 Å². The van der Waals surface area contributed by atoms with E-state index in [9.17, 15) is 4.79 Å². The molecule has 19 heavy (non-hydrogen) atoms. The number of urea groups is 1. The Morgan fingerprint density at radius 3 is 2.58 bits per heavy atom. The summed E-state index contributed by atoms with van der Waals surface area (Å²) in [6.45, 7) is 3.57. The maximum absolute atomic E-state index is 11.6. The molecular formula is C13H17ClN2O3. The van der Waals surface area contributed by atoms with Crippen molar-refractivity contribution in [2.24, 2.45) is 0 Å². The first-order chi connectivity index (χ1) is 9.07. The Hall–Kier alpha value is -1.30. The van der Waals surface area contributed by atoms with Gasteiger partial charge in [-0.1, -0.05) is 11.6 Å². The second kappa shape index (κ2) is 6.23. The van der Waals surface area contributed by atoms with E-state index in [1.807, 2.05) is 6.92 Å². The fourth-order valence-electron chi connectivity index (χ4n) is 1.81. The van der Waals surface area contributed by atoms with E-state index in [0.717, 1.165) is 0 Å². The number of anilines is 1. The van der Waals surface area contributed by atoms with Crippen molar-refractivity contribution in [3.8, 4) is 0 Å². The van der Waals surface area contributed by atoms with Crippen molar-refractivity contribution in [2.45, 2.75) is 19.1 Å². The van der Waals surface area contributed by atoms with Crippen molar-refractivity contribution in [1.29, 1.82) is 0 Å². The number of halogens is 1. The fraction of sp³-hybridized carbons (Fsp3) is 0.462. The molecule has 2 rings (SSSR count). The predicted octanol–water partition coefficient (Wildman–Crippen LogP) is 2.61. The molecule has 1 fully saturated rings. The Kier molecular flexibility index (Phi) is 4.63. The largest absolute Gasteiger partial charge is 0.348 e.